The minimum absolute atomic E-state index is 0.304. The lowest BCUT2D eigenvalue weighted by molar-refractivity contribution is 0.266. The lowest BCUT2D eigenvalue weighted by Gasteiger charge is -2.29. The molecule has 0 spiro atoms. The van der Waals surface area contributed by atoms with Crippen molar-refractivity contribution in [1.82, 2.24) is 24.0 Å². The number of sulfonamides is 1. The van der Waals surface area contributed by atoms with Crippen molar-refractivity contribution in [2.45, 2.75) is 51.0 Å². The quantitative estimate of drug-likeness (QED) is 0.815. The van der Waals surface area contributed by atoms with Gasteiger partial charge in [-0.15, -0.1) is 10.2 Å². The molecular weight excluding hydrogens is 326 g/mol. The second-order valence-electron chi connectivity index (χ2n) is 7.16. The summed E-state index contributed by atoms with van der Waals surface area (Å²) >= 11 is 0. The number of piperidine rings is 1. The maximum atomic E-state index is 11.6. The van der Waals surface area contributed by atoms with Crippen LogP contribution < -0.4 is 0 Å². The molecule has 0 N–H and O–H groups in total. The second kappa shape index (κ2) is 7.49. The molecule has 2 saturated heterocycles. The molecule has 2 aliphatic heterocycles. The number of hydrogen-bond donors (Lipinski definition) is 0. The third-order valence-electron chi connectivity index (χ3n) is 5.35. The highest BCUT2D eigenvalue weighted by atomic mass is 32.2. The Morgan fingerprint density at radius 1 is 1.00 bits per heavy atom. The Morgan fingerprint density at radius 2 is 1.62 bits per heavy atom. The summed E-state index contributed by atoms with van der Waals surface area (Å²) in [6, 6.07) is 0. The van der Waals surface area contributed by atoms with Crippen molar-refractivity contribution in [3.05, 3.63) is 11.6 Å². The molecule has 1 aromatic rings. The van der Waals surface area contributed by atoms with E-state index in [2.05, 4.69) is 19.7 Å². The van der Waals surface area contributed by atoms with Crippen LogP contribution in [0.1, 0.15) is 56.1 Å². The first-order chi connectivity index (χ1) is 11.4. The fourth-order valence-electron chi connectivity index (χ4n) is 3.81. The van der Waals surface area contributed by atoms with Crippen molar-refractivity contribution in [1.29, 1.82) is 0 Å². The van der Waals surface area contributed by atoms with E-state index in [0.717, 1.165) is 44.1 Å². The van der Waals surface area contributed by atoms with Gasteiger partial charge in [-0.1, -0.05) is 12.8 Å². The molecule has 0 radical (unpaired) electrons. The number of hydrogen-bond acceptors (Lipinski definition) is 5. The van der Waals surface area contributed by atoms with Gasteiger partial charge in [0.25, 0.3) is 0 Å². The average molecular weight is 356 g/mol. The highest BCUT2D eigenvalue weighted by Crippen LogP contribution is 2.28. The molecule has 0 aromatic carbocycles. The summed E-state index contributed by atoms with van der Waals surface area (Å²) < 4.78 is 27.0. The summed E-state index contributed by atoms with van der Waals surface area (Å²) in [4.78, 5) is 2.48. The smallest absolute Gasteiger partial charge is 0.211 e. The van der Waals surface area contributed by atoms with Crippen LogP contribution >= 0.6 is 0 Å². The fraction of sp³-hybridized carbons (Fsp3) is 0.875. The van der Waals surface area contributed by atoms with Gasteiger partial charge in [-0.25, -0.2) is 12.7 Å². The third kappa shape index (κ3) is 4.15. The SMILES string of the molecule is Cn1c(CN2CCCCCC2)nnc1C1CCN(S(C)(=O)=O)CC1. The monoisotopic (exact) mass is 355 g/mol. The summed E-state index contributed by atoms with van der Waals surface area (Å²) in [6.45, 7) is 4.32. The highest BCUT2D eigenvalue weighted by molar-refractivity contribution is 7.88. The van der Waals surface area contributed by atoms with Crippen LogP contribution in [-0.2, 0) is 23.6 Å². The molecule has 8 heteroatoms. The number of nitrogens with zero attached hydrogens (tertiary/aromatic N) is 5. The Balaban J connectivity index is 1.63. The van der Waals surface area contributed by atoms with Crippen LogP contribution in [0, 0.1) is 0 Å². The van der Waals surface area contributed by atoms with Crippen LogP contribution in [0.15, 0.2) is 0 Å². The molecule has 3 rings (SSSR count). The molecule has 136 valence electrons. The number of aromatic nitrogens is 3. The van der Waals surface area contributed by atoms with E-state index in [-0.39, 0.29) is 0 Å². The molecule has 0 amide bonds. The van der Waals surface area contributed by atoms with Crippen molar-refractivity contribution < 1.29 is 8.42 Å². The summed E-state index contributed by atoms with van der Waals surface area (Å²) in [5.41, 5.74) is 0. The minimum Gasteiger partial charge on any atom is -0.317 e. The van der Waals surface area contributed by atoms with Crippen LogP contribution in [0.25, 0.3) is 0 Å². The van der Waals surface area contributed by atoms with Crippen molar-refractivity contribution >= 4 is 10.0 Å². The first-order valence-electron chi connectivity index (χ1n) is 9.01. The molecule has 2 aliphatic rings. The summed E-state index contributed by atoms with van der Waals surface area (Å²) in [5, 5.41) is 8.86. The predicted molar refractivity (Wildman–Crippen MR) is 93.1 cm³/mol. The molecule has 0 bridgehead atoms. The first kappa shape index (κ1) is 17.8. The molecule has 24 heavy (non-hydrogen) atoms. The Kier molecular flexibility index (Phi) is 5.56. The van der Waals surface area contributed by atoms with E-state index in [9.17, 15) is 8.42 Å². The molecule has 2 fully saturated rings. The molecular formula is C16H29N5O2S. The van der Waals surface area contributed by atoms with Gasteiger partial charge in [-0.05, 0) is 38.8 Å². The lowest BCUT2D eigenvalue weighted by Crippen LogP contribution is -2.37. The zero-order valence-corrected chi connectivity index (χ0v) is 15.6. The summed E-state index contributed by atoms with van der Waals surface area (Å²) in [6.07, 6.45) is 8.14. The maximum Gasteiger partial charge on any atom is 0.211 e. The molecule has 0 saturated carbocycles. The van der Waals surface area contributed by atoms with Gasteiger partial charge in [0.15, 0.2) is 0 Å². The van der Waals surface area contributed by atoms with Crippen molar-refractivity contribution in [3.8, 4) is 0 Å². The van der Waals surface area contributed by atoms with E-state index < -0.39 is 10.0 Å². The average Bonchev–Trinajstić information content (AvgIpc) is 2.75. The van der Waals surface area contributed by atoms with Gasteiger partial charge in [0.1, 0.15) is 11.6 Å². The van der Waals surface area contributed by atoms with Gasteiger partial charge < -0.3 is 4.57 Å². The molecule has 0 aliphatic carbocycles. The Hall–Kier alpha value is -0.990. The summed E-state index contributed by atoms with van der Waals surface area (Å²) in [5.74, 6) is 2.34. The normalized spacial score (nSPS) is 22.6. The van der Waals surface area contributed by atoms with E-state index in [4.69, 9.17) is 0 Å². The van der Waals surface area contributed by atoms with Crippen LogP contribution in [0.4, 0.5) is 0 Å². The second-order valence-corrected chi connectivity index (χ2v) is 9.14. The summed E-state index contributed by atoms with van der Waals surface area (Å²) in [7, 11) is -1.03. The van der Waals surface area contributed by atoms with E-state index in [1.807, 2.05) is 7.05 Å². The standard InChI is InChI=1S/C16H29N5O2S/c1-19-15(13-20-9-5-3-4-6-10-20)17-18-16(19)14-7-11-21(12-8-14)24(2,22)23/h14H,3-13H2,1-2H3. The molecule has 3 heterocycles. The van der Waals surface area contributed by atoms with E-state index in [1.165, 1.54) is 31.9 Å². The van der Waals surface area contributed by atoms with Crippen molar-refractivity contribution in [3.63, 3.8) is 0 Å². The van der Waals surface area contributed by atoms with E-state index in [0.29, 0.717) is 19.0 Å². The zero-order chi connectivity index (χ0) is 17.2. The molecule has 0 atom stereocenters. The van der Waals surface area contributed by atoms with E-state index >= 15 is 0 Å². The minimum atomic E-state index is -3.08. The Morgan fingerprint density at radius 3 is 2.21 bits per heavy atom. The topological polar surface area (TPSA) is 71.3 Å². The van der Waals surface area contributed by atoms with Crippen LogP contribution in [-0.4, -0.2) is 64.8 Å². The molecule has 0 unspecified atom stereocenters. The van der Waals surface area contributed by atoms with Crippen LogP contribution in [0.3, 0.4) is 0 Å². The van der Waals surface area contributed by atoms with Gasteiger partial charge >= 0.3 is 0 Å². The van der Waals surface area contributed by atoms with E-state index in [1.54, 1.807) is 4.31 Å². The van der Waals surface area contributed by atoms with Crippen LogP contribution in [0.2, 0.25) is 0 Å². The maximum absolute atomic E-state index is 11.6. The molecule has 7 nitrogen and oxygen atoms in total. The van der Waals surface area contributed by atoms with Gasteiger partial charge in [0.05, 0.1) is 12.8 Å². The van der Waals surface area contributed by atoms with Crippen molar-refractivity contribution in [2.75, 3.05) is 32.4 Å². The van der Waals surface area contributed by atoms with Gasteiger partial charge in [-0.2, -0.15) is 0 Å². The lowest BCUT2D eigenvalue weighted by atomic mass is 9.97. The molecule has 1 aromatic heterocycles. The first-order valence-corrected chi connectivity index (χ1v) is 10.9. The Labute approximate surface area is 145 Å². The number of rotatable bonds is 4. The van der Waals surface area contributed by atoms with Gasteiger partial charge in [0, 0.05) is 26.1 Å². The highest BCUT2D eigenvalue weighted by Gasteiger charge is 2.29. The van der Waals surface area contributed by atoms with Crippen LogP contribution in [0.5, 0.6) is 0 Å². The van der Waals surface area contributed by atoms with Crippen molar-refractivity contribution in [2.24, 2.45) is 7.05 Å². The third-order valence-corrected chi connectivity index (χ3v) is 6.65. The zero-order valence-electron chi connectivity index (χ0n) is 14.8. The fourth-order valence-corrected chi connectivity index (χ4v) is 4.68. The van der Waals surface area contributed by atoms with Gasteiger partial charge in [-0.3, -0.25) is 4.90 Å². The predicted octanol–water partition coefficient (Wildman–Crippen LogP) is 1.33. The van der Waals surface area contributed by atoms with Gasteiger partial charge in [0.2, 0.25) is 10.0 Å². The largest absolute Gasteiger partial charge is 0.317 e. The number of likely N-dealkylation sites (tertiary alicyclic amines) is 1. The Bertz CT molecular complexity index is 641.